The van der Waals surface area contributed by atoms with Crippen molar-refractivity contribution in [2.75, 3.05) is 20.2 Å². The monoisotopic (exact) mass is 412 g/mol. The Kier molecular flexibility index (Phi) is 6.07. The van der Waals surface area contributed by atoms with Crippen molar-refractivity contribution in [3.8, 4) is 23.0 Å². The molecule has 0 spiro atoms. The van der Waals surface area contributed by atoms with E-state index in [2.05, 4.69) is 4.90 Å². The normalized spacial score (nSPS) is 15.4. The highest BCUT2D eigenvalue weighted by atomic mass is 35.5. The summed E-state index contributed by atoms with van der Waals surface area (Å²) in [5.41, 5.74) is 1.79. The Morgan fingerprint density at radius 1 is 1.07 bits per heavy atom. The molecule has 0 bridgehead atoms. The summed E-state index contributed by atoms with van der Waals surface area (Å²) in [6.45, 7) is 4.63. The molecule has 2 heterocycles. The SMILES string of the molecule is COc1ccccc1OC1CCN(Cc2nc(-c3ccccc3Cl)oc2C)CC1. The fraction of sp³-hybridized carbons (Fsp3) is 0.348. The Morgan fingerprint density at radius 2 is 1.76 bits per heavy atom. The van der Waals surface area contributed by atoms with Gasteiger partial charge in [-0.05, 0) is 44.0 Å². The smallest absolute Gasteiger partial charge is 0.228 e. The molecular weight excluding hydrogens is 388 g/mol. The van der Waals surface area contributed by atoms with Crippen LogP contribution in [0.15, 0.2) is 52.9 Å². The molecule has 3 aromatic rings. The number of nitrogens with zero attached hydrogens (tertiary/aromatic N) is 2. The minimum Gasteiger partial charge on any atom is -0.493 e. The van der Waals surface area contributed by atoms with Crippen molar-refractivity contribution in [3.63, 3.8) is 0 Å². The van der Waals surface area contributed by atoms with Crippen LogP contribution < -0.4 is 9.47 Å². The molecule has 1 aromatic heterocycles. The van der Waals surface area contributed by atoms with Crippen LogP contribution in [0.2, 0.25) is 5.02 Å². The molecule has 0 N–H and O–H groups in total. The summed E-state index contributed by atoms with van der Waals surface area (Å²) in [5.74, 6) is 3.01. The Hall–Kier alpha value is -2.50. The summed E-state index contributed by atoms with van der Waals surface area (Å²) in [7, 11) is 1.67. The number of hydrogen-bond acceptors (Lipinski definition) is 5. The lowest BCUT2D eigenvalue weighted by molar-refractivity contribution is 0.0935. The fourth-order valence-electron chi connectivity index (χ4n) is 3.62. The third-order valence-corrected chi connectivity index (χ3v) is 5.60. The molecule has 0 unspecified atom stereocenters. The lowest BCUT2D eigenvalue weighted by atomic mass is 10.1. The van der Waals surface area contributed by atoms with Gasteiger partial charge in [0.05, 0.1) is 23.4 Å². The van der Waals surface area contributed by atoms with Gasteiger partial charge in [-0.25, -0.2) is 4.98 Å². The standard InChI is InChI=1S/C23H25ClN2O3/c1-16-20(25-23(28-16)18-7-3-4-8-19(18)24)15-26-13-11-17(12-14-26)29-22-10-6-5-9-21(22)27-2/h3-10,17H,11-15H2,1-2H3. The summed E-state index contributed by atoms with van der Waals surface area (Å²) in [4.78, 5) is 7.10. The van der Waals surface area contributed by atoms with Gasteiger partial charge in [-0.2, -0.15) is 0 Å². The number of benzene rings is 2. The number of aryl methyl sites for hydroxylation is 1. The van der Waals surface area contributed by atoms with Crippen molar-refractivity contribution in [2.45, 2.75) is 32.4 Å². The zero-order valence-corrected chi connectivity index (χ0v) is 17.5. The van der Waals surface area contributed by atoms with Gasteiger partial charge in [0, 0.05) is 19.6 Å². The summed E-state index contributed by atoms with van der Waals surface area (Å²) < 4.78 is 17.4. The zero-order chi connectivity index (χ0) is 20.2. The van der Waals surface area contributed by atoms with Gasteiger partial charge in [-0.3, -0.25) is 4.90 Å². The van der Waals surface area contributed by atoms with Crippen molar-refractivity contribution in [1.82, 2.24) is 9.88 Å². The van der Waals surface area contributed by atoms with E-state index in [9.17, 15) is 0 Å². The van der Waals surface area contributed by atoms with Crippen molar-refractivity contribution in [3.05, 3.63) is 65.0 Å². The van der Waals surface area contributed by atoms with Gasteiger partial charge in [0.2, 0.25) is 5.89 Å². The molecular formula is C23H25ClN2O3. The first-order valence-electron chi connectivity index (χ1n) is 9.87. The number of hydrogen-bond donors (Lipinski definition) is 0. The van der Waals surface area contributed by atoms with Crippen LogP contribution >= 0.6 is 11.6 Å². The Bertz CT molecular complexity index is 964. The van der Waals surface area contributed by atoms with Crippen LogP contribution in [0.1, 0.15) is 24.3 Å². The third kappa shape index (κ3) is 4.57. The van der Waals surface area contributed by atoms with Crippen LogP contribution in [0.3, 0.4) is 0 Å². The molecule has 29 heavy (non-hydrogen) atoms. The molecule has 152 valence electrons. The summed E-state index contributed by atoms with van der Waals surface area (Å²) in [6.07, 6.45) is 2.12. The van der Waals surface area contributed by atoms with Gasteiger partial charge in [0.1, 0.15) is 11.9 Å². The molecule has 0 radical (unpaired) electrons. The number of oxazole rings is 1. The van der Waals surface area contributed by atoms with Crippen LogP contribution in [-0.2, 0) is 6.54 Å². The predicted molar refractivity (Wildman–Crippen MR) is 114 cm³/mol. The van der Waals surface area contributed by atoms with Gasteiger partial charge in [0.25, 0.3) is 0 Å². The van der Waals surface area contributed by atoms with Crippen molar-refractivity contribution in [2.24, 2.45) is 0 Å². The molecule has 2 aromatic carbocycles. The van der Waals surface area contributed by atoms with Gasteiger partial charge >= 0.3 is 0 Å². The maximum atomic E-state index is 6.28. The molecule has 0 amide bonds. The van der Waals surface area contributed by atoms with E-state index in [1.807, 2.05) is 55.5 Å². The molecule has 0 saturated carbocycles. The molecule has 5 nitrogen and oxygen atoms in total. The average Bonchev–Trinajstić information content (AvgIpc) is 3.10. The van der Waals surface area contributed by atoms with Gasteiger partial charge in [0.15, 0.2) is 11.5 Å². The first-order valence-corrected chi connectivity index (χ1v) is 10.2. The molecule has 0 atom stereocenters. The molecule has 1 fully saturated rings. The molecule has 4 rings (SSSR count). The van der Waals surface area contributed by atoms with Gasteiger partial charge < -0.3 is 13.9 Å². The first kappa shape index (κ1) is 19.8. The topological polar surface area (TPSA) is 47.7 Å². The number of piperidine rings is 1. The fourth-order valence-corrected chi connectivity index (χ4v) is 3.83. The zero-order valence-electron chi connectivity index (χ0n) is 16.7. The van der Waals surface area contributed by atoms with Crippen molar-refractivity contribution >= 4 is 11.6 Å². The molecule has 0 aliphatic carbocycles. The van der Waals surface area contributed by atoms with E-state index in [1.165, 1.54) is 0 Å². The van der Waals surface area contributed by atoms with Crippen LogP contribution in [0.4, 0.5) is 0 Å². The lowest BCUT2D eigenvalue weighted by Gasteiger charge is -2.32. The number of halogens is 1. The molecule has 1 aliphatic rings. The second-order valence-corrected chi connectivity index (χ2v) is 7.65. The van der Waals surface area contributed by atoms with Crippen LogP contribution in [0.25, 0.3) is 11.5 Å². The van der Waals surface area contributed by atoms with Crippen molar-refractivity contribution in [1.29, 1.82) is 0 Å². The van der Waals surface area contributed by atoms with E-state index < -0.39 is 0 Å². The molecule has 6 heteroatoms. The van der Waals surface area contributed by atoms with Crippen molar-refractivity contribution < 1.29 is 13.9 Å². The number of ether oxygens (including phenoxy) is 2. The molecule has 1 saturated heterocycles. The third-order valence-electron chi connectivity index (χ3n) is 5.27. The highest BCUT2D eigenvalue weighted by molar-refractivity contribution is 6.33. The van der Waals surface area contributed by atoms with Crippen LogP contribution in [-0.4, -0.2) is 36.2 Å². The number of rotatable bonds is 6. The number of methoxy groups -OCH3 is 1. The highest BCUT2D eigenvalue weighted by Gasteiger charge is 2.23. The summed E-state index contributed by atoms with van der Waals surface area (Å²) in [6, 6.07) is 15.4. The molecule has 1 aliphatic heterocycles. The highest BCUT2D eigenvalue weighted by Crippen LogP contribution is 2.31. The second-order valence-electron chi connectivity index (χ2n) is 7.25. The minimum atomic E-state index is 0.194. The number of likely N-dealkylation sites (tertiary alicyclic amines) is 1. The average molecular weight is 413 g/mol. The van der Waals surface area contributed by atoms with Crippen LogP contribution in [0.5, 0.6) is 11.5 Å². The number of aromatic nitrogens is 1. The first-order chi connectivity index (χ1) is 14.1. The Labute approximate surface area is 176 Å². The van der Waals surface area contributed by atoms with E-state index in [0.29, 0.717) is 10.9 Å². The largest absolute Gasteiger partial charge is 0.493 e. The van der Waals surface area contributed by atoms with Crippen LogP contribution in [0, 0.1) is 6.92 Å². The second kappa shape index (κ2) is 8.89. The maximum Gasteiger partial charge on any atom is 0.228 e. The lowest BCUT2D eigenvalue weighted by Crippen LogP contribution is -2.38. The predicted octanol–water partition coefficient (Wildman–Crippen LogP) is 5.36. The van der Waals surface area contributed by atoms with Gasteiger partial charge in [-0.15, -0.1) is 0 Å². The van der Waals surface area contributed by atoms with E-state index in [0.717, 1.165) is 61.0 Å². The minimum absolute atomic E-state index is 0.194. The van der Waals surface area contributed by atoms with Gasteiger partial charge in [-0.1, -0.05) is 35.9 Å². The Balaban J connectivity index is 1.36. The Morgan fingerprint density at radius 3 is 2.48 bits per heavy atom. The quantitative estimate of drug-likeness (QED) is 0.545. The maximum absolute atomic E-state index is 6.28. The van der Waals surface area contributed by atoms with E-state index >= 15 is 0 Å². The summed E-state index contributed by atoms with van der Waals surface area (Å²) >= 11 is 6.28. The van der Waals surface area contributed by atoms with E-state index in [-0.39, 0.29) is 6.10 Å². The van der Waals surface area contributed by atoms with E-state index in [1.54, 1.807) is 7.11 Å². The number of para-hydroxylation sites is 2. The summed E-state index contributed by atoms with van der Waals surface area (Å²) in [5, 5.41) is 0.648. The van der Waals surface area contributed by atoms with E-state index in [4.69, 9.17) is 30.5 Å².